The number of halogens is 1. The van der Waals surface area contributed by atoms with Gasteiger partial charge in [-0.3, -0.25) is 9.59 Å². The van der Waals surface area contributed by atoms with Gasteiger partial charge in [-0.25, -0.2) is 14.2 Å². The van der Waals surface area contributed by atoms with E-state index in [4.69, 9.17) is 9.25 Å². The lowest BCUT2D eigenvalue weighted by molar-refractivity contribution is -0.168. The first-order valence-corrected chi connectivity index (χ1v) is 8.42. The van der Waals surface area contributed by atoms with Crippen molar-refractivity contribution in [1.82, 2.24) is 10.0 Å². The molecule has 1 aliphatic heterocycles. The Morgan fingerprint density at radius 2 is 1.68 bits per heavy atom. The molecule has 1 aromatic heterocycles. The van der Waals surface area contributed by atoms with Crippen LogP contribution in [0.1, 0.15) is 33.0 Å². The zero-order valence-electron chi connectivity index (χ0n) is 14.4. The Morgan fingerprint density at radius 1 is 1.04 bits per heavy atom. The molecule has 2 aromatic carbocycles. The van der Waals surface area contributed by atoms with Crippen molar-refractivity contribution < 1.29 is 28.0 Å². The van der Waals surface area contributed by atoms with Crippen molar-refractivity contribution in [3.8, 4) is 11.3 Å². The van der Waals surface area contributed by atoms with Gasteiger partial charge in [0.05, 0.1) is 23.7 Å². The minimum atomic E-state index is -0.768. The molecule has 0 radical (unpaired) electrons. The topological polar surface area (TPSA) is 89.7 Å². The average molecular weight is 380 g/mol. The Balaban J connectivity index is 1.36. The number of rotatable bonds is 5. The fourth-order valence-electron chi connectivity index (χ4n) is 2.78. The van der Waals surface area contributed by atoms with Crippen LogP contribution in [0.5, 0.6) is 0 Å². The molecule has 0 aliphatic carbocycles. The molecule has 0 saturated carbocycles. The summed E-state index contributed by atoms with van der Waals surface area (Å²) in [7, 11) is 0. The molecular weight excluding hydrogens is 367 g/mol. The Bertz CT molecular complexity index is 1040. The smallest absolute Gasteiger partial charge is 0.333 e. The predicted octanol–water partition coefficient (Wildman–Crippen LogP) is 3.17. The van der Waals surface area contributed by atoms with E-state index in [-0.39, 0.29) is 35.7 Å². The summed E-state index contributed by atoms with van der Waals surface area (Å²) in [4.78, 5) is 45.4. The second kappa shape index (κ2) is 7.07. The molecule has 2 heterocycles. The minimum absolute atomic E-state index is 0.114. The molecule has 0 bridgehead atoms. The van der Waals surface area contributed by atoms with Gasteiger partial charge in [0.1, 0.15) is 5.82 Å². The molecule has 1 aliphatic rings. The maximum absolute atomic E-state index is 13.0. The Hall–Kier alpha value is -3.81. The van der Waals surface area contributed by atoms with Crippen molar-refractivity contribution in [1.29, 1.82) is 0 Å². The second-order valence-corrected chi connectivity index (χ2v) is 6.04. The lowest BCUT2D eigenvalue weighted by Crippen LogP contribution is -2.32. The van der Waals surface area contributed by atoms with Crippen molar-refractivity contribution in [2.24, 2.45) is 0 Å². The van der Waals surface area contributed by atoms with E-state index in [2.05, 4.69) is 4.98 Å². The van der Waals surface area contributed by atoms with Gasteiger partial charge in [-0.2, -0.15) is 0 Å². The first-order valence-electron chi connectivity index (χ1n) is 8.42. The Kier molecular flexibility index (Phi) is 4.44. The Morgan fingerprint density at radius 3 is 2.32 bits per heavy atom. The normalized spacial score (nSPS) is 13.0. The Labute approximate surface area is 158 Å². The summed E-state index contributed by atoms with van der Waals surface area (Å²) in [5.74, 6) is -1.77. The molecule has 28 heavy (non-hydrogen) atoms. The number of hydrogen-bond acceptors (Lipinski definition) is 6. The molecule has 0 spiro atoms. The summed E-state index contributed by atoms with van der Waals surface area (Å²) in [6.07, 6.45) is 1.44. The van der Waals surface area contributed by atoms with Gasteiger partial charge < -0.3 is 9.25 Å². The minimum Gasteiger partial charge on any atom is -0.441 e. The third kappa shape index (κ3) is 3.27. The molecule has 8 heteroatoms. The van der Waals surface area contributed by atoms with Crippen molar-refractivity contribution in [3.05, 3.63) is 77.6 Å². The van der Waals surface area contributed by atoms with Gasteiger partial charge in [0.15, 0.2) is 11.7 Å². The number of imide groups is 1. The van der Waals surface area contributed by atoms with Gasteiger partial charge in [-0.1, -0.05) is 17.2 Å². The molecule has 0 saturated heterocycles. The second-order valence-electron chi connectivity index (χ2n) is 6.04. The standard InChI is InChI=1S/C20H13FN2O5/c21-13-7-5-12(6-8-13)16-11-22-17(27-16)9-10-18(24)28-23-19(25)14-3-1-2-4-15(14)20(23)26/h1-8,11H,9-10H2. The molecular formula is C20H13FN2O5. The fourth-order valence-corrected chi connectivity index (χ4v) is 2.78. The van der Waals surface area contributed by atoms with Crippen LogP contribution in [0.2, 0.25) is 0 Å². The molecule has 140 valence electrons. The zero-order chi connectivity index (χ0) is 19.7. The largest absolute Gasteiger partial charge is 0.441 e. The summed E-state index contributed by atoms with van der Waals surface area (Å²) in [6.45, 7) is 0. The van der Waals surface area contributed by atoms with Crippen LogP contribution in [0, 0.1) is 5.82 Å². The lowest BCUT2D eigenvalue weighted by atomic mass is 10.1. The number of aromatic nitrogens is 1. The molecule has 2 amide bonds. The first kappa shape index (κ1) is 17.6. The number of benzene rings is 2. The highest BCUT2D eigenvalue weighted by molar-refractivity contribution is 6.20. The van der Waals surface area contributed by atoms with Crippen molar-refractivity contribution >= 4 is 17.8 Å². The van der Waals surface area contributed by atoms with Crippen LogP contribution in [0.15, 0.2) is 59.1 Å². The fraction of sp³-hybridized carbons (Fsp3) is 0.100. The molecule has 0 unspecified atom stereocenters. The molecule has 0 fully saturated rings. The lowest BCUT2D eigenvalue weighted by Gasteiger charge is -2.12. The van der Waals surface area contributed by atoms with E-state index in [9.17, 15) is 18.8 Å². The van der Waals surface area contributed by atoms with Crippen LogP contribution in [-0.2, 0) is 16.1 Å². The van der Waals surface area contributed by atoms with E-state index in [1.54, 1.807) is 24.3 Å². The van der Waals surface area contributed by atoms with Crippen molar-refractivity contribution in [2.75, 3.05) is 0 Å². The third-order valence-electron chi connectivity index (χ3n) is 4.18. The van der Waals surface area contributed by atoms with E-state index in [0.29, 0.717) is 16.4 Å². The van der Waals surface area contributed by atoms with Crippen LogP contribution in [0.25, 0.3) is 11.3 Å². The highest BCUT2D eigenvalue weighted by Gasteiger charge is 2.38. The number of oxazole rings is 1. The first-order chi connectivity index (χ1) is 13.5. The van der Waals surface area contributed by atoms with E-state index >= 15 is 0 Å². The van der Waals surface area contributed by atoms with Gasteiger partial charge in [0.2, 0.25) is 0 Å². The number of carbonyl (C=O) groups is 3. The summed E-state index contributed by atoms with van der Waals surface area (Å²) in [6, 6.07) is 11.9. The number of fused-ring (bicyclic) bond motifs is 1. The number of nitrogens with zero attached hydrogens (tertiary/aromatic N) is 2. The maximum atomic E-state index is 13.0. The highest BCUT2D eigenvalue weighted by atomic mass is 19.1. The number of hydrogen-bond donors (Lipinski definition) is 0. The van der Waals surface area contributed by atoms with E-state index in [1.807, 2.05) is 0 Å². The van der Waals surface area contributed by atoms with Crippen LogP contribution in [-0.4, -0.2) is 27.8 Å². The third-order valence-corrected chi connectivity index (χ3v) is 4.18. The van der Waals surface area contributed by atoms with E-state index in [1.165, 1.54) is 30.5 Å². The van der Waals surface area contributed by atoms with Crippen LogP contribution in [0.4, 0.5) is 4.39 Å². The quantitative estimate of drug-likeness (QED) is 0.632. The number of aryl methyl sites for hydroxylation is 1. The molecule has 0 atom stereocenters. The van der Waals surface area contributed by atoms with Gasteiger partial charge in [0, 0.05) is 12.0 Å². The van der Waals surface area contributed by atoms with Crippen LogP contribution >= 0.6 is 0 Å². The molecule has 3 aromatic rings. The summed E-state index contributed by atoms with van der Waals surface area (Å²) < 4.78 is 18.5. The van der Waals surface area contributed by atoms with Gasteiger partial charge in [0.25, 0.3) is 11.8 Å². The number of carbonyl (C=O) groups excluding carboxylic acids is 3. The molecule has 4 rings (SSSR count). The predicted molar refractivity (Wildman–Crippen MR) is 93.3 cm³/mol. The van der Waals surface area contributed by atoms with Crippen LogP contribution < -0.4 is 0 Å². The summed E-state index contributed by atoms with van der Waals surface area (Å²) >= 11 is 0. The van der Waals surface area contributed by atoms with Crippen LogP contribution in [0.3, 0.4) is 0 Å². The van der Waals surface area contributed by atoms with Crippen molar-refractivity contribution in [3.63, 3.8) is 0 Å². The van der Waals surface area contributed by atoms with E-state index < -0.39 is 17.8 Å². The van der Waals surface area contributed by atoms with Gasteiger partial charge in [-0.15, -0.1) is 0 Å². The number of hydroxylamine groups is 2. The monoisotopic (exact) mass is 380 g/mol. The van der Waals surface area contributed by atoms with Crippen molar-refractivity contribution in [2.45, 2.75) is 12.8 Å². The molecule has 7 nitrogen and oxygen atoms in total. The SMILES string of the molecule is O=C(CCc1ncc(-c2ccc(F)cc2)o1)ON1C(=O)c2ccccc2C1=O. The number of amides is 2. The van der Waals surface area contributed by atoms with Gasteiger partial charge in [-0.05, 0) is 36.4 Å². The summed E-state index contributed by atoms with van der Waals surface area (Å²) in [5.41, 5.74) is 1.03. The average Bonchev–Trinajstić information content (AvgIpc) is 3.27. The van der Waals surface area contributed by atoms with E-state index in [0.717, 1.165) is 0 Å². The maximum Gasteiger partial charge on any atom is 0.333 e. The zero-order valence-corrected chi connectivity index (χ0v) is 14.4. The summed E-state index contributed by atoms with van der Waals surface area (Å²) in [5, 5.41) is 0.465. The molecule has 0 N–H and O–H groups in total. The highest BCUT2D eigenvalue weighted by Crippen LogP contribution is 2.24. The van der Waals surface area contributed by atoms with Gasteiger partial charge >= 0.3 is 5.97 Å².